The van der Waals surface area contributed by atoms with Gasteiger partial charge in [-0.2, -0.15) is 25.5 Å². The minimum absolute atomic E-state index is 0.0260. The summed E-state index contributed by atoms with van der Waals surface area (Å²) in [6, 6.07) is 32.4. The molecule has 0 fully saturated rings. The molecule has 0 unspecified atom stereocenters. The Kier molecular flexibility index (Phi) is 31.0. The van der Waals surface area contributed by atoms with E-state index in [2.05, 4.69) is 360 Å². The summed E-state index contributed by atoms with van der Waals surface area (Å²) in [5, 5.41) is 29.3. The molecule has 0 radical (unpaired) electrons. The summed E-state index contributed by atoms with van der Waals surface area (Å²) in [6.45, 7) is 86.4. The van der Waals surface area contributed by atoms with Gasteiger partial charge in [0.1, 0.15) is 0 Å². The number of benzene rings is 5. The highest BCUT2D eigenvalue weighted by atomic mass is 15.3. The van der Waals surface area contributed by atoms with Gasteiger partial charge in [0.05, 0.1) is 73.9 Å². The highest BCUT2D eigenvalue weighted by Crippen LogP contribution is 2.36. The third-order valence-corrected chi connectivity index (χ3v) is 15.3. The molecule has 10 heteroatoms. The molecule has 0 aliphatic carbocycles. The van der Waals surface area contributed by atoms with Crippen LogP contribution in [-0.2, 0) is 54.8 Å². The third kappa shape index (κ3) is 23.3. The maximum Gasteiger partial charge on any atom is 0.0926 e. The molecule has 0 aliphatic rings. The van der Waals surface area contributed by atoms with E-state index in [1.807, 2.05) is 87.8 Å². The average Bonchev–Trinajstić information content (AvgIpc) is 1.70. The zero-order valence-electron chi connectivity index (χ0n) is 68.5. The molecule has 10 rings (SSSR count). The zero-order valence-corrected chi connectivity index (χ0v) is 68.5. The molecule has 10 aromatic rings. The number of fused-ring (bicyclic) bond motifs is 5. The van der Waals surface area contributed by atoms with Crippen molar-refractivity contribution in [1.29, 1.82) is 0 Å². The van der Waals surface area contributed by atoms with Crippen molar-refractivity contribution in [2.45, 2.75) is 332 Å². The second-order valence-corrected chi connectivity index (χ2v) is 33.6. The van der Waals surface area contributed by atoms with Crippen molar-refractivity contribution in [2.75, 3.05) is 0 Å². The van der Waals surface area contributed by atoms with Crippen molar-refractivity contribution in [2.24, 2.45) is 0 Å². The molecule has 0 spiro atoms. The van der Waals surface area contributed by atoms with Gasteiger partial charge in [-0.3, -0.25) is 23.4 Å². The second kappa shape index (κ2) is 34.1. The molecule has 0 atom stereocenters. The fraction of sp³-hybridized carbons (Fsp3) is 0.588. The van der Waals surface area contributed by atoms with Crippen molar-refractivity contribution in [1.82, 2.24) is 48.9 Å². The number of aromatic nitrogens is 10. The summed E-state index contributed by atoms with van der Waals surface area (Å²) in [6.07, 6.45) is 10.3. The normalized spacial score (nSPS) is 12.2. The van der Waals surface area contributed by atoms with Crippen LogP contribution in [0.3, 0.4) is 0 Å². The van der Waals surface area contributed by atoms with Crippen LogP contribution in [0.15, 0.2) is 122 Å². The van der Waals surface area contributed by atoms with E-state index in [-0.39, 0.29) is 54.8 Å². The number of rotatable bonds is 0. The van der Waals surface area contributed by atoms with Crippen LogP contribution in [0.2, 0.25) is 0 Å². The highest BCUT2D eigenvalue weighted by Gasteiger charge is 2.27. The van der Waals surface area contributed by atoms with Crippen molar-refractivity contribution < 1.29 is 0 Å². The largest absolute Gasteiger partial charge is 0.266 e. The first kappa shape index (κ1) is 86.5. The Labute approximate surface area is 581 Å². The van der Waals surface area contributed by atoms with Gasteiger partial charge in [0.25, 0.3) is 0 Å². The van der Waals surface area contributed by atoms with Crippen LogP contribution in [0.5, 0.6) is 0 Å². The molecule has 0 saturated heterocycles. The first-order valence-electron chi connectivity index (χ1n) is 35.9. The van der Waals surface area contributed by atoms with Gasteiger partial charge in [0.15, 0.2) is 0 Å². The molecule has 530 valence electrons. The van der Waals surface area contributed by atoms with E-state index in [1.165, 1.54) is 71.3 Å². The fourth-order valence-corrected chi connectivity index (χ4v) is 10.6. The Balaban J connectivity index is 0.000000574. The minimum Gasteiger partial charge on any atom is -0.266 e. The first-order chi connectivity index (χ1) is 43.5. The van der Waals surface area contributed by atoms with E-state index in [0.29, 0.717) is 0 Å². The van der Waals surface area contributed by atoms with Crippen LogP contribution in [0.4, 0.5) is 0 Å². The van der Waals surface area contributed by atoms with Gasteiger partial charge in [-0.05, 0) is 189 Å². The smallest absolute Gasteiger partial charge is 0.0926 e. The van der Waals surface area contributed by atoms with E-state index >= 15 is 0 Å². The quantitative estimate of drug-likeness (QED) is 0.151. The van der Waals surface area contributed by atoms with Gasteiger partial charge in [0.2, 0.25) is 0 Å². The summed E-state index contributed by atoms with van der Waals surface area (Å²) in [5.74, 6) is 0. The molecule has 5 aromatic carbocycles. The Bertz CT molecular complexity index is 3580. The molecule has 5 aromatic heterocycles. The Morgan fingerprint density at radius 3 is 0.811 bits per heavy atom. The predicted octanol–water partition coefficient (Wildman–Crippen LogP) is 25.6. The van der Waals surface area contributed by atoms with Crippen molar-refractivity contribution in [3.63, 3.8) is 0 Å². The van der Waals surface area contributed by atoms with Crippen molar-refractivity contribution in [3.05, 3.63) is 150 Å². The van der Waals surface area contributed by atoms with Gasteiger partial charge in [0, 0.05) is 39.3 Å². The van der Waals surface area contributed by atoms with Crippen molar-refractivity contribution >= 4 is 54.5 Å². The highest BCUT2D eigenvalue weighted by molar-refractivity contribution is 5.86. The monoisotopic (exact) mass is 1300 g/mol. The van der Waals surface area contributed by atoms with E-state index in [9.17, 15) is 0 Å². The molecule has 0 saturated carbocycles. The molecule has 95 heavy (non-hydrogen) atoms. The summed E-state index contributed by atoms with van der Waals surface area (Å²) in [7, 11) is 0. The van der Waals surface area contributed by atoms with E-state index in [1.54, 1.807) is 0 Å². The average molecular weight is 1300 g/mol. The standard InChI is InChI=1S/5C15H22N2.5C2H6/c1-14(2,3)12-8-7-11-10-16-17(13(11)9-12)15(4,5)6;2*1-14(2,3)12-8-7-9-13-11(12)10-17(16-13)15(4,5)6;2*1-14(2,3)12-8-7-9-13-11(12)10-16-17(13)15(4,5)6;5*1-2/h5*7-10H,1-6H3;5*1-2H3. The summed E-state index contributed by atoms with van der Waals surface area (Å²) in [5.41, 5.74) is 13.6. The second-order valence-electron chi connectivity index (χ2n) is 33.6. The Morgan fingerprint density at radius 1 is 0.263 bits per heavy atom. The lowest BCUT2D eigenvalue weighted by Gasteiger charge is -2.23. The number of hydrogen-bond acceptors (Lipinski definition) is 5. The van der Waals surface area contributed by atoms with Crippen LogP contribution in [0.25, 0.3) is 54.5 Å². The molecule has 0 N–H and O–H groups in total. The fourth-order valence-electron chi connectivity index (χ4n) is 10.6. The van der Waals surface area contributed by atoms with Crippen LogP contribution < -0.4 is 0 Å². The zero-order chi connectivity index (χ0) is 74.2. The summed E-state index contributed by atoms with van der Waals surface area (Å²) < 4.78 is 10.5. The van der Waals surface area contributed by atoms with Gasteiger partial charge < -0.3 is 0 Å². The van der Waals surface area contributed by atoms with Crippen molar-refractivity contribution in [3.8, 4) is 0 Å². The number of nitrogens with zero attached hydrogens (tertiary/aromatic N) is 10. The maximum absolute atomic E-state index is 4.67. The van der Waals surface area contributed by atoms with Crippen LogP contribution >= 0.6 is 0 Å². The molecule has 0 amide bonds. The lowest BCUT2D eigenvalue weighted by molar-refractivity contribution is 0.358. The van der Waals surface area contributed by atoms with Crippen LogP contribution in [0, 0.1) is 0 Å². The first-order valence-corrected chi connectivity index (χ1v) is 35.9. The SMILES string of the molecule is CC.CC.CC.CC.CC.CC(C)(C)c1ccc2cnn(C(C)(C)C)c2c1.CC(C)(C)c1cccc2c1cnn2C(C)(C)C.CC(C)(C)c1cccc2c1cnn2C(C)(C)C.CC(C)(C)c1cccc2nn(C(C)(C)C)cc12.CC(C)(C)c1cccc2nn(C(C)(C)C)cc12. The lowest BCUT2D eigenvalue weighted by Crippen LogP contribution is -2.23. The molecular weight excluding hydrogens is 1160 g/mol. The van der Waals surface area contributed by atoms with Crippen LogP contribution in [-0.4, -0.2) is 48.9 Å². The third-order valence-electron chi connectivity index (χ3n) is 15.3. The number of hydrogen-bond donors (Lipinski definition) is 0. The lowest BCUT2D eigenvalue weighted by atomic mass is 9.85. The molecule has 5 heterocycles. The van der Waals surface area contributed by atoms with E-state index in [4.69, 9.17) is 0 Å². The van der Waals surface area contributed by atoms with Gasteiger partial charge in [-0.1, -0.05) is 234 Å². The predicted molar refractivity (Wildman–Crippen MR) is 424 cm³/mol. The van der Waals surface area contributed by atoms with E-state index in [0.717, 1.165) is 11.0 Å². The summed E-state index contributed by atoms with van der Waals surface area (Å²) in [4.78, 5) is 0. The summed E-state index contributed by atoms with van der Waals surface area (Å²) >= 11 is 0. The molecule has 10 nitrogen and oxygen atoms in total. The Hall–Kier alpha value is -6.55. The minimum atomic E-state index is 0.0260. The van der Waals surface area contributed by atoms with Gasteiger partial charge in [-0.25, -0.2) is 0 Å². The maximum atomic E-state index is 4.67. The molecule has 0 aliphatic heterocycles. The van der Waals surface area contributed by atoms with Crippen LogP contribution in [0.1, 0.15) is 305 Å². The topological polar surface area (TPSA) is 89.1 Å². The Morgan fingerprint density at radius 2 is 0.537 bits per heavy atom. The van der Waals surface area contributed by atoms with Gasteiger partial charge in [-0.15, -0.1) is 0 Å². The van der Waals surface area contributed by atoms with E-state index < -0.39 is 0 Å². The molecule has 0 bridgehead atoms. The molecular formula is C85H140N10. The van der Waals surface area contributed by atoms with Gasteiger partial charge >= 0.3 is 0 Å².